The van der Waals surface area contributed by atoms with Crippen molar-refractivity contribution in [2.45, 2.75) is 11.8 Å². The van der Waals surface area contributed by atoms with Crippen LogP contribution in [0, 0.1) is 6.92 Å². The summed E-state index contributed by atoms with van der Waals surface area (Å²) < 4.78 is 31.2. The fraction of sp³-hybridized carbons (Fsp3) is 0.0769. The van der Waals surface area contributed by atoms with Crippen LogP contribution in [0.15, 0.2) is 53.4 Å². The predicted octanol–water partition coefficient (Wildman–Crippen LogP) is 1.87. The summed E-state index contributed by atoms with van der Waals surface area (Å²) in [5, 5.41) is 8.79. The molecule has 3 N–H and O–H groups in total. The van der Waals surface area contributed by atoms with Crippen molar-refractivity contribution in [1.82, 2.24) is 0 Å². The Labute approximate surface area is 112 Å². The van der Waals surface area contributed by atoms with E-state index in [-0.39, 0.29) is 10.6 Å². The lowest BCUT2D eigenvalue weighted by molar-refractivity contribution is 0.463. The summed E-state index contributed by atoms with van der Waals surface area (Å²) in [6.07, 6.45) is 0. The van der Waals surface area contributed by atoms with Gasteiger partial charge in [-0.15, -0.1) is 0 Å². The third-order valence-electron chi connectivity index (χ3n) is 2.25. The molecule has 2 aromatic carbocycles. The Morgan fingerprint density at radius 2 is 1.58 bits per heavy atom. The predicted molar refractivity (Wildman–Crippen MR) is 71.7 cm³/mol. The summed E-state index contributed by atoms with van der Waals surface area (Å²) in [6, 6.07) is 12.5. The monoisotopic (exact) mass is 280 g/mol. The van der Waals surface area contributed by atoms with Gasteiger partial charge in [0, 0.05) is 0 Å². The molecule has 0 bridgehead atoms. The lowest BCUT2D eigenvalue weighted by Crippen LogP contribution is -1.97. The van der Waals surface area contributed by atoms with Crippen LogP contribution >= 0.6 is 0 Å². The molecular formula is C13H14NO4S-. The first-order chi connectivity index (χ1) is 8.80. The molecule has 0 aliphatic rings. The van der Waals surface area contributed by atoms with Crippen LogP contribution in [0.25, 0.3) is 0 Å². The number of aryl methyl sites for hydroxylation is 1. The molecule has 0 radical (unpaired) electrons. The maximum Gasteiger partial charge on any atom is 0.138 e. The number of aromatic hydroxyl groups is 1. The van der Waals surface area contributed by atoms with E-state index in [2.05, 4.69) is 0 Å². The fourth-order valence-corrected chi connectivity index (χ4v) is 1.66. The first-order valence-corrected chi connectivity index (χ1v) is 6.77. The van der Waals surface area contributed by atoms with E-state index < -0.39 is 10.1 Å². The number of phenols is 1. The van der Waals surface area contributed by atoms with Crippen LogP contribution in [0.1, 0.15) is 5.56 Å². The van der Waals surface area contributed by atoms with Gasteiger partial charge in [-0.1, -0.05) is 29.8 Å². The molecule has 0 aromatic heterocycles. The third-order valence-corrected chi connectivity index (χ3v) is 3.10. The standard InChI is InChI=1S/C7H8O3S.C6H7NO/c1-6-2-4-7(5-3-6)11(8,9)10;7-5-3-1-2-4-6(5)8/h2-5H,1H3,(H,8,9,10);1-4,8H,7H2/p-1. The minimum Gasteiger partial charge on any atom is -0.744 e. The van der Waals surface area contributed by atoms with Gasteiger partial charge in [0.2, 0.25) is 0 Å². The molecule has 0 spiro atoms. The maximum atomic E-state index is 10.4. The van der Waals surface area contributed by atoms with Gasteiger partial charge in [-0.3, -0.25) is 0 Å². The van der Waals surface area contributed by atoms with Gasteiger partial charge in [0.1, 0.15) is 15.9 Å². The summed E-state index contributed by atoms with van der Waals surface area (Å²) in [5.74, 6) is 0.146. The van der Waals surface area contributed by atoms with E-state index in [0.717, 1.165) is 5.56 Å². The molecule has 0 saturated heterocycles. The van der Waals surface area contributed by atoms with E-state index >= 15 is 0 Å². The van der Waals surface area contributed by atoms with E-state index in [1.54, 1.807) is 36.4 Å². The van der Waals surface area contributed by atoms with Gasteiger partial charge in [0.25, 0.3) is 0 Å². The highest BCUT2D eigenvalue weighted by molar-refractivity contribution is 7.85. The number of nitrogens with two attached hydrogens (primary N) is 1. The Bertz CT molecular complexity index is 615. The molecule has 5 nitrogen and oxygen atoms in total. The van der Waals surface area contributed by atoms with Crippen LogP contribution in [0.5, 0.6) is 5.75 Å². The van der Waals surface area contributed by atoms with Crippen LogP contribution < -0.4 is 5.73 Å². The van der Waals surface area contributed by atoms with E-state index in [4.69, 9.17) is 10.8 Å². The number of benzene rings is 2. The number of rotatable bonds is 1. The average molecular weight is 280 g/mol. The number of phenolic OH excluding ortho intramolecular Hbond substituents is 1. The van der Waals surface area contributed by atoms with E-state index in [0.29, 0.717) is 5.69 Å². The molecule has 0 unspecified atom stereocenters. The maximum absolute atomic E-state index is 10.4. The molecule has 0 heterocycles. The van der Waals surface area contributed by atoms with Crippen molar-refractivity contribution < 1.29 is 18.1 Å². The number of nitrogen functional groups attached to an aromatic ring is 1. The van der Waals surface area contributed by atoms with Crippen molar-refractivity contribution in [2.75, 3.05) is 5.73 Å². The van der Waals surface area contributed by atoms with Crippen molar-refractivity contribution in [3.8, 4) is 5.75 Å². The van der Waals surface area contributed by atoms with E-state index in [1.165, 1.54) is 12.1 Å². The molecule has 2 aromatic rings. The highest BCUT2D eigenvalue weighted by Crippen LogP contribution is 2.16. The van der Waals surface area contributed by atoms with Gasteiger partial charge < -0.3 is 15.4 Å². The minimum absolute atomic E-state index is 0.146. The van der Waals surface area contributed by atoms with Gasteiger partial charge >= 0.3 is 0 Å². The Hall–Kier alpha value is -2.05. The van der Waals surface area contributed by atoms with Crippen LogP contribution in [0.4, 0.5) is 5.69 Å². The number of para-hydroxylation sites is 2. The highest BCUT2D eigenvalue weighted by Gasteiger charge is 1.97. The zero-order valence-electron chi connectivity index (χ0n) is 10.3. The molecule has 0 amide bonds. The largest absolute Gasteiger partial charge is 0.744 e. The molecule has 0 saturated carbocycles. The zero-order valence-corrected chi connectivity index (χ0v) is 11.1. The zero-order chi connectivity index (χ0) is 14.5. The normalized spacial score (nSPS) is 10.4. The highest BCUT2D eigenvalue weighted by atomic mass is 32.2. The number of anilines is 1. The molecule has 0 fully saturated rings. The van der Waals surface area contributed by atoms with Gasteiger partial charge in [-0.2, -0.15) is 0 Å². The molecule has 6 heteroatoms. The lowest BCUT2D eigenvalue weighted by Gasteiger charge is -2.05. The molecule has 19 heavy (non-hydrogen) atoms. The summed E-state index contributed by atoms with van der Waals surface area (Å²) >= 11 is 0. The van der Waals surface area contributed by atoms with Crippen molar-refractivity contribution in [3.05, 3.63) is 54.1 Å². The van der Waals surface area contributed by atoms with Crippen LogP contribution in [-0.2, 0) is 10.1 Å². The molecule has 0 aliphatic carbocycles. The van der Waals surface area contributed by atoms with Gasteiger partial charge in [-0.25, -0.2) is 8.42 Å². The smallest absolute Gasteiger partial charge is 0.138 e. The molecule has 0 aliphatic heterocycles. The first-order valence-electron chi connectivity index (χ1n) is 5.37. The molecule has 102 valence electrons. The second-order valence-electron chi connectivity index (χ2n) is 3.83. The average Bonchev–Trinajstić information content (AvgIpc) is 2.33. The van der Waals surface area contributed by atoms with Crippen LogP contribution in [0.3, 0.4) is 0 Å². The second-order valence-corrected chi connectivity index (χ2v) is 5.21. The fourth-order valence-electron chi connectivity index (χ4n) is 1.19. The van der Waals surface area contributed by atoms with E-state index in [1.807, 2.05) is 6.92 Å². The first kappa shape index (κ1) is 15.0. The quantitative estimate of drug-likeness (QED) is 0.471. The SMILES string of the molecule is Cc1ccc(S(=O)(=O)[O-])cc1.Nc1ccccc1O. The summed E-state index contributed by atoms with van der Waals surface area (Å²) in [5.41, 5.74) is 6.62. The topological polar surface area (TPSA) is 103 Å². The van der Waals surface area contributed by atoms with Crippen molar-refractivity contribution >= 4 is 15.8 Å². The molecule has 2 rings (SSSR count). The number of hydrogen-bond acceptors (Lipinski definition) is 5. The van der Waals surface area contributed by atoms with Crippen molar-refractivity contribution in [2.24, 2.45) is 0 Å². The van der Waals surface area contributed by atoms with Gasteiger partial charge in [0.15, 0.2) is 0 Å². The third kappa shape index (κ3) is 4.99. The van der Waals surface area contributed by atoms with Crippen LogP contribution in [-0.4, -0.2) is 18.1 Å². The Balaban J connectivity index is 0.000000200. The van der Waals surface area contributed by atoms with Crippen molar-refractivity contribution in [3.63, 3.8) is 0 Å². The van der Waals surface area contributed by atoms with Crippen LogP contribution in [0.2, 0.25) is 0 Å². The second kappa shape index (κ2) is 6.21. The Morgan fingerprint density at radius 1 is 1.05 bits per heavy atom. The Morgan fingerprint density at radius 3 is 1.95 bits per heavy atom. The lowest BCUT2D eigenvalue weighted by atomic mass is 10.2. The van der Waals surface area contributed by atoms with Gasteiger partial charge in [-0.05, 0) is 31.2 Å². The number of hydrogen-bond donors (Lipinski definition) is 2. The van der Waals surface area contributed by atoms with E-state index in [9.17, 15) is 13.0 Å². The molecular weight excluding hydrogens is 266 g/mol. The van der Waals surface area contributed by atoms with Gasteiger partial charge in [0.05, 0.1) is 10.6 Å². The molecule has 0 atom stereocenters. The summed E-state index contributed by atoms with van der Waals surface area (Å²) in [7, 11) is -4.27. The summed E-state index contributed by atoms with van der Waals surface area (Å²) in [6.45, 7) is 1.82. The summed E-state index contributed by atoms with van der Waals surface area (Å²) in [4.78, 5) is -0.178. The Kier molecular flexibility index (Phi) is 4.91. The minimum atomic E-state index is -4.27. The van der Waals surface area contributed by atoms with Crippen molar-refractivity contribution in [1.29, 1.82) is 0 Å².